The summed E-state index contributed by atoms with van der Waals surface area (Å²) in [5.41, 5.74) is 0.910. The van der Waals surface area contributed by atoms with E-state index in [-0.39, 0.29) is 17.7 Å². The van der Waals surface area contributed by atoms with E-state index in [4.69, 9.17) is 4.74 Å². The van der Waals surface area contributed by atoms with Gasteiger partial charge in [0.1, 0.15) is 17.7 Å². The number of nitrogens with one attached hydrogen (secondary N) is 1. The molecule has 0 bridgehead atoms. The van der Waals surface area contributed by atoms with Gasteiger partial charge in [-0.1, -0.05) is 0 Å². The van der Waals surface area contributed by atoms with Crippen LogP contribution in [0.5, 0.6) is 0 Å². The van der Waals surface area contributed by atoms with Crippen LogP contribution in [0.3, 0.4) is 0 Å². The third kappa shape index (κ3) is 2.18. The van der Waals surface area contributed by atoms with Crippen molar-refractivity contribution in [1.82, 2.24) is 10.2 Å². The lowest BCUT2D eigenvalue weighted by molar-refractivity contribution is -0.132. The van der Waals surface area contributed by atoms with Gasteiger partial charge in [0, 0.05) is 0 Å². The van der Waals surface area contributed by atoms with E-state index in [0.717, 1.165) is 37.8 Å². The predicted octanol–water partition coefficient (Wildman–Crippen LogP) is 1.25. The van der Waals surface area contributed by atoms with Crippen LogP contribution in [0.25, 0.3) is 0 Å². The third-order valence-electron chi connectivity index (χ3n) is 5.55. The quantitative estimate of drug-likeness (QED) is 0.724. The van der Waals surface area contributed by atoms with Gasteiger partial charge in [-0.3, -0.25) is 14.7 Å². The fourth-order valence-corrected chi connectivity index (χ4v) is 4.18. The number of carbonyl (C=O) groups excluding carboxylic acids is 1. The number of hydrogen-bond donors (Lipinski definition) is 2. The van der Waals surface area contributed by atoms with Gasteiger partial charge in [0.05, 0.1) is 17.8 Å². The van der Waals surface area contributed by atoms with Crippen molar-refractivity contribution in [3.8, 4) is 0 Å². The molecule has 26 heavy (non-hydrogen) atoms. The number of aliphatic imine (C=N–C) groups is 1. The van der Waals surface area contributed by atoms with Gasteiger partial charge in [-0.25, -0.2) is 9.18 Å². The molecule has 8 heteroatoms. The minimum Gasteiger partial charge on any atom is -0.476 e. The van der Waals surface area contributed by atoms with Gasteiger partial charge in [0.15, 0.2) is 6.17 Å². The fraction of sp³-hybridized carbons (Fsp3) is 0.500. The van der Waals surface area contributed by atoms with Crippen LogP contribution >= 0.6 is 0 Å². The molecule has 0 radical (unpaired) electrons. The summed E-state index contributed by atoms with van der Waals surface area (Å²) in [4.78, 5) is 29.7. The monoisotopic (exact) mass is 359 g/mol. The number of ether oxygens (including phenoxy) is 1. The Morgan fingerprint density at radius 3 is 2.96 bits per heavy atom. The molecule has 3 unspecified atom stereocenters. The summed E-state index contributed by atoms with van der Waals surface area (Å²) >= 11 is 0. The van der Waals surface area contributed by atoms with Gasteiger partial charge in [-0.05, 0) is 49.8 Å². The smallest absolute Gasteiger partial charge is 0.359 e. The Hall–Kier alpha value is -2.48. The van der Waals surface area contributed by atoms with Crippen molar-refractivity contribution >= 4 is 17.6 Å². The SMILES string of the molecule is O=C(O)C1=NC(C2CC2)C2=COC3=C(C(F)C=C4CCCNC43)N2C1=O. The minimum absolute atomic E-state index is 0.0925. The van der Waals surface area contributed by atoms with Gasteiger partial charge in [0.2, 0.25) is 5.71 Å². The molecule has 7 nitrogen and oxygen atoms in total. The molecule has 3 aliphatic heterocycles. The van der Waals surface area contributed by atoms with Crippen LogP contribution in [0.2, 0.25) is 0 Å². The van der Waals surface area contributed by atoms with Gasteiger partial charge in [-0.15, -0.1) is 0 Å². The maximum absolute atomic E-state index is 15.1. The maximum Gasteiger partial charge on any atom is 0.359 e. The number of piperidine rings is 1. The molecule has 0 aromatic rings. The van der Waals surface area contributed by atoms with Crippen molar-refractivity contribution in [2.45, 2.75) is 43.9 Å². The summed E-state index contributed by atoms with van der Waals surface area (Å²) in [6, 6.07) is -0.757. The van der Waals surface area contributed by atoms with E-state index in [1.807, 2.05) is 0 Å². The van der Waals surface area contributed by atoms with Crippen LogP contribution in [-0.4, -0.2) is 52.4 Å². The van der Waals surface area contributed by atoms with E-state index in [9.17, 15) is 14.7 Å². The Balaban J connectivity index is 1.61. The zero-order valence-corrected chi connectivity index (χ0v) is 13.9. The lowest BCUT2D eigenvalue weighted by atomic mass is 9.87. The molecule has 0 aromatic carbocycles. The molecule has 0 spiro atoms. The van der Waals surface area contributed by atoms with E-state index in [1.54, 1.807) is 0 Å². The number of carboxylic acids is 1. The Labute approximate surface area is 148 Å². The van der Waals surface area contributed by atoms with Crippen molar-refractivity contribution in [3.63, 3.8) is 0 Å². The van der Waals surface area contributed by atoms with Crippen molar-refractivity contribution in [2.75, 3.05) is 6.54 Å². The first-order valence-corrected chi connectivity index (χ1v) is 8.90. The average molecular weight is 359 g/mol. The number of amides is 1. The van der Waals surface area contributed by atoms with Crippen LogP contribution < -0.4 is 5.32 Å². The second-order valence-electron chi connectivity index (χ2n) is 7.25. The van der Waals surface area contributed by atoms with Crippen molar-refractivity contribution in [1.29, 1.82) is 0 Å². The van der Waals surface area contributed by atoms with E-state index < -0.39 is 29.8 Å². The number of rotatable bonds is 2. The lowest BCUT2D eigenvalue weighted by Gasteiger charge is -2.43. The molecule has 2 fully saturated rings. The van der Waals surface area contributed by atoms with Crippen LogP contribution in [0.1, 0.15) is 25.7 Å². The summed E-state index contributed by atoms with van der Waals surface area (Å²) in [5.74, 6) is -1.66. The number of allylic oxidation sites excluding steroid dienone is 1. The van der Waals surface area contributed by atoms with E-state index in [0.29, 0.717) is 11.5 Å². The zero-order chi connectivity index (χ0) is 18.0. The van der Waals surface area contributed by atoms with Crippen molar-refractivity contribution in [3.05, 3.63) is 35.1 Å². The lowest BCUT2D eigenvalue weighted by Crippen LogP contribution is -2.52. The number of hydrogen-bond acceptors (Lipinski definition) is 5. The number of halogens is 1. The van der Waals surface area contributed by atoms with Crippen LogP contribution in [0, 0.1) is 5.92 Å². The number of nitrogens with zero attached hydrogens (tertiary/aromatic N) is 2. The maximum atomic E-state index is 15.1. The standard InChI is InChI=1S/C18H18FN3O4/c19-10-6-9-2-1-5-20-13(9)16-15(10)22-11(7-26-16)12(8-3-4-8)21-14(17(22)23)18(24)25/h6-8,10,12-13,20H,1-5H2,(H,24,25). The van der Waals surface area contributed by atoms with Crippen LogP contribution in [-0.2, 0) is 14.3 Å². The summed E-state index contributed by atoms with van der Waals surface area (Å²) in [7, 11) is 0. The Morgan fingerprint density at radius 1 is 1.42 bits per heavy atom. The molecule has 1 saturated carbocycles. The molecule has 0 aromatic heterocycles. The zero-order valence-electron chi connectivity index (χ0n) is 13.9. The highest BCUT2D eigenvalue weighted by Gasteiger charge is 2.50. The molecule has 1 amide bonds. The highest BCUT2D eigenvalue weighted by atomic mass is 19.1. The number of fused-ring (bicyclic) bond motifs is 4. The first-order chi connectivity index (χ1) is 12.6. The Kier molecular flexibility index (Phi) is 3.34. The van der Waals surface area contributed by atoms with E-state index in [2.05, 4.69) is 10.3 Å². The molecule has 1 saturated heterocycles. The molecule has 2 N–H and O–H groups in total. The van der Waals surface area contributed by atoms with Crippen molar-refractivity contribution < 1.29 is 23.8 Å². The largest absolute Gasteiger partial charge is 0.476 e. The summed E-state index contributed by atoms with van der Waals surface area (Å²) in [6.07, 6.45) is 4.95. The van der Waals surface area contributed by atoms with Gasteiger partial charge in [0.25, 0.3) is 5.91 Å². The molecule has 5 aliphatic rings. The summed E-state index contributed by atoms with van der Waals surface area (Å²) in [6.45, 7) is 0.774. The number of carboxylic acid groups (broad SMARTS) is 1. The highest BCUT2D eigenvalue weighted by molar-refractivity contribution is 6.64. The topological polar surface area (TPSA) is 91.2 Å². The number of carbonyl (C=O) groups is 2. The molecule has 2 aliphatic carbocycles. The van der Waals surface area contributed by atoms with Crippen LogP contribution in [0.4, 0.5) is 4.39 Å². The number of aliphatic carboxylic acids is 1. The molecule has 136 valence electrons. The van der Waals surface area contributed by atoms with Gasteiger partial charge >= 0.3 is 5.97 Å². The second kappa shape index (κ2) is 5.51. The van der Waals surface area contributed by atoms with Crippen LogP contribution in [0.15, 0.2) is 40.1 Å². The Morgan fingerprint density at radius 2 is 2.23 bits per heavy atom. The molecular formula is C18H18FN3O4. The predicted molar refractivity (Wildman–Crippen MR) is 88.6 cm³/mol. The minimum atomic E-state index is -1.52. The highest BCUT2D eigenvalue weighted by Crippen LogP contribution is 2.45. The molecule has 5 rings (SSSR count). The van der Waals surface area contributed by atoms with Gasteiger partial charge < -0.3 is 15.2 Å². The first-order valence-electron chi connectivity index (χ1n) is 8.90. The van der Waals surface area contributed by atoms with Crippen molar-refractivity contribution in [2.24, 2.45) is 10.9 Å². The average Bonchev–Trinajstić information content (AvgIpc) is 3.46. The Bertz CT molecular complexity index is 839. The van der Waals surface area contributed by atoms with E-state index >= 15 is 4.39 Å². The summed E-state index contributed by atoms with van der Waals surface area (Å²) in [5, 5.41) is 12.7. The molecule has 3 heterocycles. The normalized spacial score (nSPS) is 33.3. The number of alkyl halides is 1. The summed E-state index contributed by atoms with van der Waals surface area (Å²) < 4.78 is 20.9. The fourth-order valence-electron chi connectivity index (χ4n) is 4.18. The van der Waals surface area contributed by atoms with Gasteiger partial charge in [-0.2, -0.15) is 0 Å². The van der Waals surface area contributed by atoms with E-state index in [1.165, 1.54) is 17.2 Å². The third-order valence-corrected chi connectivity index (χ3v) is 5.55. The molecule has 3 atom stereocenters. The first kappa shape index (κ1) is 15.7. The molecular weight excluding hydrogens is 341 g/mol. The second-order valence-corrected chi connectivity index (χ2v) is 7.25.